The number of carbonyl (C=O) groups is 1. The summed E-state index contributed by atoms with van der Waals surface area (Å²) in [6.07, 6.45) is -4.20. The van der Waals surface area contributed by atoms with Gasteiger partial charge in [0.25, 0.3) is 5.82 Å². The number of rotatable bonds is 5. The lowest BCUT2D eigenvalue weighted by molar-refractivity contribution is -0.145. The topological polar surface area (TPSA) is 87.5 Å². The van der Waals surface area contributed by atoms with Crippen LogP contribution >= 0.6 is 0 Å². The number of halogens is 3. The molecule has 8 nitrogen and oxygen atoms in total. The first-order chi connectivity index (χ1) is 17.2. The number of alkyl halides is 3. The third-order valence-electron chi connectivity index (χ3n) is 6.45. The van der Waals surface area contributed by atoms with E-state index in [0.717, 1.165) is 10.2 Å². The number of benzene rings is 2. The van der Waals surface area contributed by atoms with E-state index in [1.165, 1.54) is 21.3 Å². The Hall–Kier alpha value is -4.02. The van der Waals surface area contributed by atoms with Crippen molar-refractivity contribution in [2.75, 3.05) is 26.6 Å². The van der Waals surface area contributed by atoms with Crippen molar-refractivity contribution < 1.29 is 32.2 Å². The van der Waals surface area contributed by atoms with Gasteiger partial charge in [-0.25, -0.2) is 4.68 Å². The van der Waals surface area contributed by atoms with E-state index in [-0.39, 0.29) is 24.1 Å². The van der Waals surface area contributed by atoms with Crippen LogP contribution in [0.3, 0.4) is 0 Å². The summed E-state index contributed by atoms with van der Waals surface area (Å²) in [7, 11) is 4.51. The highest BCUT2D eigenvalue weighted by atomic mass is 19.4. The molecule has 3 aromatic rings. The normalized spacial score (nSPS) is 19.3. The summed E-state index contributed by atoms with van der Waals surface area (Å²) >= 11 is 0. The monoisotopic (exact) mass is 500 g/mol. The molecule has 1 aromatic heterocycles. The van der Waals surface area contributed by atoms with E-state index in [1.54, 1.807) is 42.5 Å². The van der Waals surface area contributed by atoms with Gasteiger partial charge >= 0.3 is 6.18 Å². The smallest absolute Gasteiger partial charge is 0.453 e. The van der Waals surface area contributed by atoms with Crippen molar-refractivity contribution in [3.63, 3.8) is 0 Å². The number of hydrogen-bond acceptors (Lipinski definition) is 7. The predicted octanol–water partition coefficient (Wildman–Crippen LogP) is 4.74. The molecule has 2 aromatic carbocycles. The number of ether oxygens (including phenoxy) is 3. The molecule has 0 bridgehead atoms. The predicted molar refractivity (Wildman–Crippen MR) is 123 cm³/mol. The summed E-state index contributed by atoms with van der Waals surface area (Å²) in [4.78, 5) is 17.3. The summed E-state index contributed by atoms with van der Waals surface area (Å²) in [6.45, 7) is 0. The van der Waals surface area contributed by atoms with Crippen molar-refractivity contribution >= 4 is 11.7 Å². The van der Waals surface area contributed by atoms with E-state index in [4.69, 9.17) is 14.2 Å². The first-order valence-corrected chi connectivity index (χ1v) is 11.2. The molecule has 0 spiro atoms. The summed E-state index contributed by atoms with van der Waals surface area (Å²) in [5.41, 5.74) is 2.33. The molecule has 0 fully saturated rings. The van der Waals surface area contributed by atoms with Crippen LogP contribution in [0.25, 0.3) is 0 Å². The molecule has 0 radical (unpaired) electrons. The highest BCUT2D eigenvalue weighted by Crippen LogP contribution is 2.47. The van der Waals surface area contributed by atoms with Crippen LogP contribution in [0.2, 0.25) is 0 Å². The Kier molecular flexibility index (Phi) is 5.85. The maximum absolute atomic E-state index is 13.6. The van der Waals surface area contributed by atoms with Gasteiger partial charge in [0.2, 0.25) is 11.7 Å². The average molecular weight is 500 g/mol. The van der Waals surface area contributed by atoms with E-state index in [9.17, 15) is 18.0 Å². The van der Waals surface area contributed by atoms with Gasteiger partial charge in [-0.05, 0) is 35.6 Å². The summed E-state index contributed by atoms with van der Waals surface area (Å²) in [5.74, 6) is -0.456. The molecule has 1 N–H and O–H groups in total. The number of fused-ring (bicyclic) bond motifs is 1. The van der Waals surface area contributed by atoms with Gasteiger partial charge < -0.3 is 19.5 Å². The molecule has 11 heteroatoms. The van der Waals surface area contributed by atoms with Crippen LogP contribution in [0, 0.1) is 0 Å². The van der Waals surface area contributed by atoms with Gasteiger partial charge in [-0.2, -0.15) is 18.2 Å². The molecule has 2 heterocycles. The van der Waals surface area contributed by atoms with Crippen LogP contribution < -0.4 is 19.5 Å². The molecule has 2 aliphatic rings. The summed E-state index contributed by atoms with van der Waals surface area (Å²) in [6, 6.07) is 11.6. The van der Waals surface area contributed by atoms with Gasteiger partial charge in [-0.3, -0.25) is 4.79 Å². The molecular formula is C25H23F3N4O4. The highest BCUT2D eigenvalue weighted by molar-refractivity contribution is 6.00. The minimum Gasteiger partial charge on any atom is -0.493 e. The fourth-order valence-corrected chi connectivity index (χ4v) is 4.85. The fourth-order valence-electron chi connectivity index (χ4n) is 4.85. The lowest BCUT2D eigenvalue weighted by Gasteiger charge is -2.35. The lowest BCUT2D eigenvalue weighted by Crippen LogP contribution is -2.33. The van der Waals surface area contributed by atoms with Gasteiger partial charge in [0.15, 0.2) is 17.3 Å². The number of Topliss-reactive ketones (excluding diaryl/α,β-unsaturated/α-hetero) is 1. The number of nitrogens with one attached hydrogen (secondary N) is 1. The van der Waals surface area contributed by atoms with Crippen LogP contribution in [0.5, 0.6) is 17.2 Å². The van der Waals surface area contributed by atoms with Crippen LogP contribution in [-0.2, 0) is 11.0 Å². The van der Waals surface area contributed by atoms with E-state index in [1.807, 2.05) is 0 Å². The zero-order chi connectivity index (χ0) is 25.6. The van der Waals surface area contributed by atoms with E-state index in [0.29, 0.717) is 40.5 Å². The Bertz CT molecular complexity index is 1330. The Morgan fingerprint density at radius 2 is 1.64 bits per heavy atom. The Balaban J connectivity index is 1.60. The molecule has 0 unspecified atom stereocenters. The van der Waals surface area contributed by atoms with Crippen molar-refractivity contribution in [3.8, 4) is 17.2 Å². The molecule has 5 rings (SSSR count). The number of carbonyl (C=O) groups excluding carboxylic acids is 1. The highest BCUT2D eigenvalue weighted by Gasteiger charge is 2.43. The largest absolute Gasteiger partial charge is 0.493 e. The third kappa shape index (κ3) is 3.94. The average Bonchev–Trinajstić information content (AvgIpc) is 3.31. The number of nitrogens with zero attached hydrogens (tertiary/aromatic N) is 3. The van der Waals surface area contributed by atoms with Crippen molar-refractivity contribution in [1.29, 1.82) is 0 Å². The van der Waals surface area contributed by atoms with Crippen LogP contribution in [0.4, 0.5) is 19.1 Å². The van der Waals surface area contributed by atoms with Gasteiger partial charge in [0, 0.05) is 17.7 Å². The minimum absolute atomic E-state index is 0.0618. The van der Waals surface area contributed by atoms with Crippen LogP contribution in [0.1, 0.15) is 41.8 Å². The first kappa shape index (κ1) is 23.7. The zero-order valence-electron chi connectivity index (χ0n) is 19.7. The van der Waals surface area contributed by atoms with Crippen molar-refractivity contribution in [2.24, 2.45) is 0 Å². The van der Waals surface area contributed by atoms with E-state index in [2.05, 4.69) is 15.4 Å². The van der Waals surface area contributed by atoms with Gasteiger partial charge in [0.1, 0.15) is 6.04 Å². The lowest BCUT2D eigenvalue weighted by atomic mass is 9.78. The van der Waals surface area contributed by atoms with Crippen LogP contribution in [0.15, 0.2) is 53.7 Å². The number of anilines is 1. The Morgan fingerprint density at radius 1 is 0.972 bits per heavy atom. The van der Waals surface area contributed by atoms with E-state index < -0.39 is 18.0 Å². The second-order valence-corrected chi connectivity index (χ2v) is 8.52. The summed E-state index contributed by atoms with van der Waals surface area (Å²) < 4.78 is 57.8. The summed E-state index contributed by atoms with van der Waals surface area (Å²) in [5, 5.41) is 6.69. The molecule has 0 saturated carbocycles. The Labute approximate surface area is 204 Å². The van der Waals surface area contributed by atoms with Crippen LogP contribution in [-0.4, -0.2) is 41.9 Å². The van der Waals surface area contributed by atoms with E-state index >= 15 is 0 Å². The number of hydrogen-bond donors (Lipinski definition) is 1. The van der Waals surface area contributed by atoms with Gasteiger partial charge in [-0.15, -0.1) is 5.10 Å². The maximum atomic E-state index is 13.6. The molecule has 2 atom stereocenters. The SMILES string of the molecule is COc1cc([C@@H]2CC(=O)C3=C(C2)Nc2nc(C(F)(F)F)nn2[C@H]3c2ccccc2)cc(OC)c1OC. The molecule has 1 aliphatic heterocycles. The van der Waals surface area contributed by atoms with Gasteiger partial charge in [0.05, 0.1) is 21.3 Å². The molecule has 36 heavy (non-hydrogen) atoms. The fraction of sp³-hybridized carbons (Fsp3) is 0.320. The minimum atomic E-state index is -4.73. The van der Waals surface area contributed by atoms with Crippen molar-refractivity contribution in [1.82, 2.24) is 14.8 Å². The third-order valence-corrected chi connectivity index (χ3v) is 6.45. The molecule has 1 aliphatic carbocycles. The second-order valence-electron chi connectivity index (χ2n) is 8.52. The second kappa shape index (κ2) is 8.89. The first-order valence-electron chi connectivity index (χ1n) is 11.2. The number of ketones is 1. The Morgan fingerprint density at radius 3 is 2.22 bits per heavy atom. The standard InChI is InChI=1S/C25H23F3N4O4/c1-34-18-11-15(12-19(35-2)22(18)36-3)14-9-16-20(17(33)10-14)21(13-7-5-4-6-8-13)32-24(29-16)30-23(31-32)25(26,27)28/h4-8,11-12,14,21H,9-10H2,1-3H3,(H,29,30,31)/t14-,21-/m0/s1. The number of methoxy groups -OCH3 is 3. The van der Waals surface area contributed by atoms with Crippen molar-refractivity contribution in [2.45, 2.75) is 31.0 Å². The molecular weight excluding hydrogens is 477 g/mol. The zero-order valence-corrected chi connectivity index (χ0v) is 19.7. The number of aromatic nitrogens is 3. The molecule has 188 valence electrons. The maximum Gasteiger partial charge on any atom is 0.453 e. The van der Waals surface area contributed by atoms with Gasteiger partial charge in [-0.1, -0.05) is 30.3 Å². The molecule has 0 amide bonds. The quantitative estimate of drug-likeness (QED) is 0.542. The number of allylic oxidation sites excluding steroid dienone is 2. The van der Waals surface area contributed by atoms with Crippen molar-refractivity contribution in [3.05, 3.63) is 70.7 Å². The molecule has 0 saturated heterocycles.